The molecule has 1 aliphatic rings. The van der Waals surface area contributed by atoms with Crippen LogP contribution in [0.2, 0.25) is 5.28 Å². The van der Waals surface area contributed by atoms with E-state index in [1.54, 1.807) is 0 Å². The first-order valence-electron chi connectivity index (χ1n) is 6.69. The van der Waals surface area contributed by atoms with Crippen molar-refractivity contribution in [1.29, 1.82) is 0 Å². The predicted octanol–water partition coefficient (Wildman–Crippen LogP) is 3.51. The van der Waals surface area contributed by atoms with Crippen molar-refractivity contribution in [3.8, 4) is 0 Å². The highest BCUT2D eigenvalue weighted by Gasteiger charge is 2.26. The van der Waals surface area contributed by atoms with Gasteiger partial charge >= 0.3 is 5.69 Å². The molecular weight excluding hydrogens is 292 g/mol. The Hall–Kier alpha value is -2.21. The third-order valence-corrected chi connectivity index (χ3v) is 3.72. The number of benzene rings is 1. The van der Waals surface area contributed by atoms with Crippen molar-refractivity contribution in [2.24, 2.45) is 0 Å². The zero-order chi connectivity index (χ0) is 14.8. The minimum Gasteiger partial charge on any atom is -0.320 e. The summed E-state index contributed by atoms with van der Waals surface area (Å²) < 4.78 is 0. The van der Waals surface area contributed by atoms with E-state index in [9.17, 15) is 10.1 Å². The highest BCUT2D eigenvalue weighted by Crippen LogP contribution is 2.36. The second kappa shape index (κ2) is 5.65. The van der Waals surface area contributed by atoms with E-state index in [0.29, 0.717) is 6.54 Å². The largest absolute Gasteiger partial charge is 0.330 e. The highest BCUT2D eigenvalue weighted by atomic mass is 35.5. The maximum atomic E-state index is 11.2. The number of para-hydroxylation sites is 1. The molecule has 0 radical (unpaired) electrons. The molecule has 21 heavy (non-hydrogen) atoms. The van der Waals surface area contributed by atoms with Crippen LogP contribution in [0.25, 0.3) is 0 Å². The summed E-state index contributed by atoms with van der Waals surface area (Å²) in [5.74, 6) is 0.259. The monoisotopic (exact) mass is 304 g/mol. The van der Waals surface area contributed by atoms with Crippen LogP contribution in [0.4, 0.5) is 17.2 Å². The summed E-state index contributed by atoms with van der Waals surface area (Å²) in [5.41, 5.74) is 1.99. The summed E-state index contributed by atoms with van der Waals surface area (Å²) in [6, 6.07) is 7.90. The summed E-state index contributed by atoms with van der Waals surface area (Å²) in [5, 5.41) is 11.2. The summed E-state index contributed by atoms with van der Waals surface area (Å²) in [4.78, 5) is 20.4. The molecule has 2 aromatic rings. The maximum Gasteiger partial charge on any atom is 0.330 e. The zero-order valence-electron chi connectivity index (χ0n) is 11.2. The number of rotatable bonds is 2. The van der Waals surface area contributed by atoms with Crippen molar-refractivity contribution in [3.63, 3.8) is 0 Å². The van der Waals surface area contributed by atoms with Crippen molar-refractivity contribution in [1.82, 2.24) is 9.97 Å². The summed E-state index contributed by atoms with van der Waals surface area (Å²) in [6.45, 7) is 0.672. The average Bonchev–Trinajstić information content (AvgIpc) is 2.69. The Morgan fingerprint density at radius 1 is 1.29 bits per heavy atom. The first-order valence-corrected chi connectivity index (χ1v) is 7.07. The summed E-state index contributed by atoms with van der Waals surface area (Å²) in [6.07, 6.45) is 4.10. The molecule has 0 saturated heterocycles. The van der Waals surface area contributed by atoms with E-state index >= 15 is 0 Å². The van der Waals surface area contributed by atoms with Gasteiger partial charge in [0.25, 0.3) is 0 Å². The van der Waals surface area contributed by atoms with E-state index in [4.69, 9.17) is 11.6 Å². The Morgan fingerprint density at radius 2 is 2.10 bits per heavy atom. The lowest BCUT2D eigenvalue weighted by Crippen LogP contribution is -2.20. The van der Waals surface area contributed by atoms with Gasteiger partial charge in [-0.05, 0) is 42.5 Å². The molecule has 0 saturated carbocycles. The van der Waals surface area contributed by atoms with Crippen molar-refractivity contribution in [2.75, 3.05) is 11.4 Å². The summed E-state index contributed by atoms with van der Waals surface area (Å²) in [7, 11) is 0. The van der Waals surface area contributed by atoms with Crippen LogP contribution in [0.5, 0.6) is 0 Å². The molecular formula is C14H13ClN4O2. The molecule has 0 N–H and O–H groups in total. The van der Waals surface area contributed by atoms with Gasteiger partial charge in [0.1, 0.15) is 6.20 Å². The second-order valence-corrected chi connectivity index (χ2v) is 5.18. The summed E-state index contributed by atoms with van der Waals surface area (Å²) >= 11 is 5.84. The fraction of sp³-hybridized carbons (Fsp3) is 0.286. The van der Waals surface area contributed by atoms with Crippen LogP contribution >= 0.6 is 11.6 Å². The first kappa shape index (κ1) is 13.8. The predicted molar refractivity (Wildman–Crippen MR) is 80.1 cm³/mol. The minimum absolute atomic E-state index is 0.0114. The fourth-order valence-electron chi connectivity index (χ4n) is 2.58. The highest BCUT2D eigenvalue weighted by molar-refractivity contribution is 6.28. The minimum atomic E-state index is -0.473. The number of halogens is 1. The van der Waals surface area contributed by atoms with E-state index in [0.717, 1.165) is 31.1 Å². The Kier molecular flexibility index (Phi) is 3.70. The van der Waals surface area contributed by atoms with Gasteiger partial charge in [0.05, 0.1) is 4.92 Å². The van der Waals surface area contributed by atoms with E-state index in [2.05, 4.69) is 9.97 Å². The quantitative estimate of drug-likeness (QED) is 0.482. The molecule has 3 rings (SSSR count). The number of hydrogen-bond donors (Lipinski definition) is 0. The van der Waals surface area contributed by atoms with Gasteiger partial charge in [-0.3, -0.25) is 10.1 Å². The number of anilines is 2. The molecule has 0 fully saturated rings. The van der Waals surface area contributed by atoms with Crippen LogP contribution in [0, 0.1) is 10.1 Å². The molecule has 0 atom stereocenters. The lowest BCUT2D eigenvalue weighted by molar-refractivity contribution is -0.384. The molecule has 6 nitrogen and oxygen atoms in total. The molecule has 108 valence electrons. The van der Waals surface area contributed by atoms with Gasteiger partial charge in [-0.25, -0.2) is 4.98 Å². The zero-order valence-corrected chi connectivity index (χ0v) is 12.0. The van der Waals surface area contributed by atoms with Crippen molar-refractivity contribution in [2.45, 2.75) is 19.3 Å². The van der Waals surface area contributed by atoms with Crippen molar-refractivity contribution in [3.05, 3.63) is 51.4 Å². The van der Waals surface area contributed by atoms with Crippen LogP contribution in [0.3, 0.4) is 0 Å². The smallest absolute Gasteiger partial charge is 0.320 e. The normalized spacial score (nSPS) is 14.4. The van der Waals surface area contributed by atoms with Crippen LogP contribution in [-0.2, 0) is 6.42 Å². The third-order valence-electron chi connectivity index (χ3n) is 3.53. The second-order valence-electron chi connectivity index (χ2n) is 4.84. The average molecular weight is 305 g/mol. The van der Waals surface area contributed by atoms with Crippen LogP contribution < -0.4 is 4.90 Å². The molecule has 2 heterocycles. The Bertz CT molecular complexity index is 692. The number of aryl methyl sites for hydroxylation is 1. The Morgan fingerprint density at radius 3 is 2.90 bits per heavy atom. The van der Waals surface area contributed by atoms with Gasteiger partial charge in [-0.1, -0.05) is 18.2 Å². The molecule has 0 spiro atoms. The van der Waals surface area contributed by atoms with E-state index in [-0.39, 0.29) is 16.8 Å². The first-order chi connectivity index (χ1) is 10.2. The standard InChI is InChI=1S/C14H13ClN4O2/c15-14-16-9-12(19(20)21)13(17-14)18-8-4-3-6-10-5-1-2-7-11(10)18/h1-2,5,7,9H,3-4,6,8H2. The van der Waals surface area contributed by atoms with Crippen LogP contribution in [-0.4, -0.2) is 21.4 Å². The molecule has 0 bridgehead atoms. The Labute approximate surface area is 126 Å². The molecule has 0 unspecified atom stereocenters. The topological polar surface area (TPSA) is 72.2 Å². The van der Waals surface area contributed by atoms with Crippen LogP contribution in [0.1, 0.15) is 18.4 Å². The van der Waals surface area contributed by atoms with Gasteiger partial charge in [-0.15, -0.1) is 0 Å². The molecule has 0 amide bonds. The molecule has 1 aromatic heterocycles. The molecule has 1 aromatic carbocycles. The number of nitrogens with zero attached hydrogens (tertiary/aromatic N) is 4. The number of aromatic nitrogens is 2. The van der Waals surface area contributed by atoms with Gasteiger partial charge in [-0.2, -0.15) is 4.98 Å². The molecule has 0 aliphatic carbocycles. The van der Waals surface area contributed by atoms with Gasteiger partial charge in [0.2, 0.25) is 11.1 Å². The van der Waals surface area contributed by atoms with E-state index in [1.165, 1.54) is 5.56 Å². The maximum absolute atomic E-state index is 11.2. The van der Waals surface area contributed by atoms with E-state index in [1.807, 2.05) is 29.2 Å². The van der Waals surface area contributed by atoms with Crippen molar-refractivity contribution >= 4 is 28.8 Å². The number of hydrogen-bond acceptors (Lipinski definition) is 5. The Balaban J connectivity index is 2.16. The number of nitro groups is 1. The lowest BCUT2D eigenvalue weighted by atomic mass is 10.1. The van der Waals surface area contributed by atoms with Crippen LogP contribution in [0.15, 0.2) is 30.5 Å². The van der Waals surface area contributed by atoms with Gasteiger partial charge in [0.15, 0.2) is 0 Å². The van der Waals surface area contributed by atoms with Gasteiger partial charge in [0, 0.05) is 12.2 Å². The molecule has 7 heteroatoms. The van der Waals surface area contributed by atoms with Crippen molar-refractivity contribution < 1.29 is 4.92 Å². The number of fused-ring (bicyclic) bond motifs is 1. The lowest BCUT2D eigenvalue weighted by Gasteiger charge is -2.23. The fourth-order valence-corrected chi connectivity index (χ4v) is 2.71. The molecule has 1 aliphatic heterocycles. The van der Waals surface area contributed by atoms with Gasteiger partial charge < -0.3 is 4.90 Å². The van der Waals surface area contributed by atoms with E-state index < -0.39 is 4.92 Å². The SMILES string of the molecule is O=[N+]([O-])c1cnc(Cl)nc1N1CCCCc2ccccc21. The third kappa shape index (κ3) is 2.67.